The van der Waals surface area contributed by atoms with E-state index in [-0.39, 0.29) is 6.79 Å². The highest BCUT2D eigenvalue weighted by atomic mass is 16.7. The van der Waals surface area contributed by atoms with E-state index >= 15 is 0 Å². The third kappa shape index (κ3) is 2.92. The first kappa shape index (κ1) is 9.81. The van der Waals surface area contributed by atoms with E-state index in [0.29, 0.717) is 0 Å². The van der Waals surface area contributed by atoms with Crippen molar-refractivity contribution in [3.63, 3.8) is 0 Å². The molecule has 0 saturated heterocycles. The summed E-state index contributed by atoms with van der Waals surface area (Å²) < 4.78 is 10.2. The van der Waals surface area contributed by atoms with Gasteiger partial charge in [-0.2, -0.15) is 0 Å². The van der Waals surface area contributed by atoms with Gasteiger partial charge >= 0.3 is 0 Å². The second-order valence-electron chi connectivity index (χ2n) is 2.65. The van der Waals surface area contributed by atoms with Gasteiger partial charge in [-0.3, -0.25) is 0 Å². The number of rotatable bonds is 5. The Morgan fingerprint density at radius 3 is 2.85 bits per heavy atom. The average Bonchev–Trinajstić information content (AvgIpc) is 2.17. The van der Waals surface area contributed by atoms with E-state index in [9.17, 15) is 0 Å². The summed E-state index contributed by atoms with van der Waals surface area (Å²) in [7, 11) is 1.61. The van der Waals surface area contributed by atoms with Gasteiger partial charge in [0.25, 0.3) is 0 Å². The molecule has 1 aromatic rings. The molecule has 0 radical (unpaired) electrons. The fourth-order valence-electron chi connectivity index (χ4n) is 1.09. The van der Waals surface area contributed by atoms with Gasteiger partial charge in [-0.05, 0) is 18.1 Å². The van der Waals surface area contributed by atoms with E-state index < -0.39 is 0 Å². The number of benzene rings is 1. The Bertz CT molecular complexity index is 269. The zero-order chi connectivity index (χ0) is 9.52. The Labute approximate surface area is 78.8 Å². The summed E-state index contributed by atoms with van der Waals surface area (Å²) >= 11 is 0. The van der Waals surface area contributed by atoms with E-state index in [1.807, 2.05) is 30.3 Å². The molecule has 0 spiro atoms. The fraction of sp³-hybridized carbons (Fsp3) is 0.273. The highest BCUT2D eigenvalue weighted by Crippen LogP contribution is 2.18. The van der Waals surface area contributed by atoms with Crippen LogP contribution in [0, 0.1) is 0 Å². The highest BCUT2D eigenvalue weighted by molar-refractivity contribution is 5.34. The van der Waals surface area contributed by atoms with Crippen LogP contribution in [0.25, 0.3) is 0 Å². The molecule has 13 heavy (non-hydrogen) atoms. The minimum absolute atomic E-state index is 0.286. The van der Waals surface area contributed by atoms with Crippen molar-refractivity contribution in [2.24, 2.45) is 0 Å². The van der Waals surface area contributed by atoms with Gasteiger partial charge in [-0.25, -0.2) is 0 Å². The van der Waals surface area contributed by atoms with Crippen LogP contribution in [0.3, 0.4) is 0 Å². The van der Waals surface area contributed by atoms with E-state index in [1.54, 1.807) is 7.11 Å². The van der Waals surface area contributed by atoms with Gasteiger partial charge in [-0.1, -0.05) is 24.3 Å². The number of allylic oxidation sites excluding steroid dienone is 1. The Balaban J connectivity index is 2.71. The van der Waals surface area contributed by atoms with Gasteiger partial charge in [0.2, 0.25) is 0 Å². The third-order valence-electron chi connectivity index (χ3n) is 1.67. The van der Waals surface area contributed by atoms with Gasteiger partial charge in [0, 0.05) is 7.11 Å². The molecule has 0 fully saturated rings. The normalized spacial score (nSPS) is 9.62. The van der Waals surface area contributed by atoms with E-state index in [2.05, 4.69) is 6.58 Å². The maximum absolute atomic E-state index is 5.37. The quantitative estimate of drug-likeness (QED) is 0.509. The lowest BCUT2D eigenvalue weighted by Gasteiger charge is -2.08. The van der Waals surface area contributed by atoms with Crippen LogP contribution in [0.5, 0.6) is 5.75 Å². The van der Waals surface area contributed by atoms with Crippen LogP contribution in [0.15, 0.2) is 36.9 Å². The zero-order valence-corrected chi connectivity index (χ0v) is 7.82. The molecule has 2 nitrogen and oxygen atoms in total. The number of ether oxygens (including phenoxy) is 2. The summed E-state index contributed by atoms with van der Waals surface area (Å²) in [6.45, 7) is 3.98. The van der Waals surface area contributed by atoms with Crippen molar-refractivity contribution >= 4 is 0 Å². The van der Waals surface area contributed by atoms with Gasteiger partial charge < -0.3 is 9.47 Å². The average molecular weight is 178 g/mol. The van der Waals surface area contributed by atoms with E-state index in [0.717, 1.165) is 17.7 Å². The van der Waals surface area contributed by atoms with Crippen LogP contribution in [-0.2, 0) is 11.2 Å². The van der Waals surface area contributed by atoms with Crippen LogP contribution in [0.4, 0.5) is 0 Å². The molecule has 2 heteroatoms. The molecule has 0 unspecified atom stereocenters. The summed E-state index contributed by atoms with van der Waals surface area (Å²) in [5, 5.41) is 0. The number of hydrogen-bond acceptors (Lipinski definition) is 2. The Morgan fingerprint density at radius 2 is 2.15 bits per heavy atom. The van der Waals surface area contributed by atoms with E-state index in [4.69, 9.17) is 9.47 Å². The number of hydrogen-bond donors (Lipinski definition) is 0. The summed E-state index contributed by atoms with van der Waals surface area (Å²) in [5.41, 5.74) is 1.13. The predicted octanol–water partition coefficient (Wildman–Crippen LogP) is 2.40. The van der Waals surface area contributed by atoms with Crippen molar-refractivity contribution in [2.75, 3.05) is 13.9 Å². The summed E-state index contributed by atoms with van der Waals surface area (Å²) in [5.74, 6) is 0.865. The van der Waals surface area contributed by atoms with Gasteiger partial charge in [0.15, 0.2) is 6.79 Å². The first-order valence-electron chi connectivity index (χ1n) is 4.19. The fourth-order valence-corrected chi connectivity index (χ4v) is 1.09. The standard InChI is InChI=1S/C11H14O2/c1-3-6-10-7-4-5-8-11(10)13-9-12-2/h3-5,7-8H,1,6,9H2,2H3. The summed E-state index contributed by atoms with van der Waals surface area (Å²) in [6, 6.07) is 7.88. The number of para-hydroxylation sites is 1. The van der Waals surface area contributed by atoms with Gasteiger partial charge in [0.05, 0.1) is 0 Å². The SMILES string of the molecule is C=CCc1ccccc1OCOC. The lowest BCUT2D eigenvalue weighted by Crippen LogP contribution is -2.01. The number of methoxy groups -OCH3 is 1. The minimum Gasteiger partial charge on any atom is -0.467 e. The van der Waals surface area contributed by atoms with Crippen LogP contribution in [0.2, 0.25) is 0 Å². The molecule has 70 valence electrons. The molecule has 0 N–H and O–H groups in total. The molecule has 0 aliphatic carbocycles. The molecular weight excluding hydrogens is 164 g/mol. The molecule has 1 aromatic carbocycles. The van der Waals surface area contributed by atoms with Gasteiger partial charge in [-0.15, -0.1) is 6.58 Å². The smallest absolute Gasteiger partial charge is 0.188 e. The summed E-state index contributed by atoms with van der Waals surface area (Å²) in [4.78, 5) is 0. The van der Waals surface area contributed by atoms with Crippen molar-refractivity contribution < 1.29 is 9.47 Å². The van der Waals surface area contributed by atoms with Crippen LogP contribution in [0.1, 0.15) is 5.56 Å². The predicted molar refractivity (Wildman–Crippen MR) is 52.8 cm³/mol. The monoisotopic (exact) mass is 178 g/mol. The maximum atomic E-state index is 5.37. The molecule has 0 heterocycles. The highest BCUT2D eigenvalue weighted by Gasteiger charge is 1.99. The van der Waals surface area contributed by atoms with Crippen molar-refractivity contribution in [3.05, 3.63) is 42.5 Å². The van der Waals surface area contributed by atoms with Gasteiger partial charge in [0.1, 0.15) is 5.75 Å². The Morgan fingerprint density at radius 1 is 1.38 bits per heavy atom. The third-order valence-corrected chi connectivity index (χ3v) is 1.67. The van der Waals surface area contributed by atoms with E-state index in [1.165, 1.54) is 0 Å². The molecule has 0 amide bonds. The molecule has 0 atom stereocenters. The molecule has 0 bridgehead atoms. The lowest BCUT2D eigenvalue weighted by molar-refractivity contribution is 0.0505. The summed E-state index contributed by atoms with van der Waals surface area (Å²) in [6.07, 6.45) is 2.68. The van der Waals surface area contributed by atoms with Crippen LogP contribution in [-0.4, -0.2) is 13.9 Å². The van der Waals surface area contributed by atoms with Crippen molar-refractivity contribution in [2.45, 2.75) is 6.42 Å². The second kappa shape index (κ2) is 5.38. The molecular formula is C11H14O2. The minimum atomic E-state index is 0.286. The molecule has 0 aromatic heterocycles. The Kier molecular flexibility index (Phi) is 4.06. The molecule has 0 saturated carbocycles. The first-order chi connectivity index (χ1) is 6.38. The maximum Gasteiger partial charge on any atom is 0.188 e. The Hall–Kier alpha value is -1.28. The largest absolute Gasteiger partial charge is 0.467 e. The van der Waals surface area contributed by atoms with Crippen molar-refractivity contribution in [1.29, 1.82) is 0 Å². The topological polar surface area (TPSA) is 18.5 Å². The lowest BCUT2D eigenvalue weighted by atomic mass is 10.1. The van der Waals surface area contributed by atoms with Crippen LogP contribution < -0.4 is 4.74 Å². The second-order valence-corrected chi connectivity index (χ2v) is 2.65. The van der Waals surface area contributed by atoms with Crippen molar-refractivity contribution in [3.8, 4) is 5.75 Å². The first-order valence-corrected chi connectivity index (χ1v) is 4.19. The van der Waals surface area contributed by atoms with Crippen LogP contribution >= 0.6 is 0 Å². The van der Waals surface area contributed by atoms with Crippen molar-refractivity contribution in [1.82, 2.24) is 0 Å². The molecule has 1 rings (SSSR count). The molecule has 0 aliphatic heterocycles. The molecule has 0 aliphatic rings. The zero-order valence-electron chi connectivity index (χ0n) is 7.82.